The molecule has 3 aromatic heterocycles. The molecule has 0 spiro atoms. The van der Waals surface area contributed by atoms with Crippen molar-refractivity contribution in [2.75, 3.05) is 12.4 Å². The predicted molar refractivity (Wildman–Crippen MR) is 109 cm³/mol. The Morgan fingerprint density at radius 1 is 1.37 bits per heavy atom. The molecule has 1 unspecified atom stereocenters. The van der Waals surface area contributed by atoms with Gasteiger partial charge in [0.05, 0.1) is 34.0 Å². The number of aromatic amines is 1. The van der Waals surface area contributed by atoms with E-state index in [-0.39, 0.29) is 24.0 Å². The molecule has 4 rings (SSSR count). The van der Waals surface area contributed by atoms with Gasteiger partial charge in [0.25, 0.3) is 5.91 Å². The normalized spacial score (nSPS) is 15.7. The van der Waals surface area contributed by atoms with Crippen molar-refractivity contribution in [2.24, 2.45) is 5.92 Å². The fourth-order valence-electron chi connectivity index (χ4n) is 3.55. The first-order valence-electron chi connectivity index (χ1n) is 9.45. The molecule has 0 bridgehead atoms. The number of Topliss-reactive ketones (excluding diaryl/α,β-unsaturated/α-hetero) is 1. The molecular formula is C20H21N5O4S. The van der Waals surface area contributed by atoms with E-state index in [4.69, 9.17) is 4.42 Å². The zero-order valence-electron chi connectivity index (χ0n) is 16.8. The smallest absolute Gasteiger partial charge is 0.260 e. The number of nitrogens with zero attached hydrogens (tertiary/aromatic N) is 3. The van der Waals surface area contributed by atoms with Crippen molar-refractivity contribution >= 4 is 34.1 Å². The number of ketones is 1. The van der Waals surface area contributed by atoms with Crippen LogP contribution in [0.4, 0.5) is 5.13 Å². The van der Waals surface area contributed by atoms with Gasteiger partial charge in [-0.1, -0.05) is 11.3 Å². The Kier molecular flexibility index (Phi) is 5.25. The summed E-state index contributed by atoms with van der Waals surface area (Å²) in [5.41, 5.74) is 3.68. The van der Waals surface area contributed by atoms with E-state index in [1.807, 2.05) is 13.8 Å². The van der Waals surface area contributed by atoms with Crippen LogP contribution in [0.25, 0.3) is 0 Å². The minimum Gasteiger partial charge on any atom is -0.472 e. The maximum absolute atomic E-state index is 13.0. The summed E-state index contributed by atoms with van der Waals surface area (Å²) in [5.74, 6) is -1.06. The molecule has 0 aliphatic heterocycles. The molecule has 156 valence electrons. The van der Waals surface area contributed by atoms with E-state index in [0.717, 1.165) is 28.3 Å². The van der Waals surface area contributed by atoms with Crippen molar-refractivity contribution < 1.29 is 18.8 Å². The number of thiazole rings is 1. The van der Waals surface area contributed by atoms with Crippen LogP contribution in [0.15, 0.2) is 23.0 Å². The van der Waals surface area contributed by atoms with Crippen LogP contribution in [0, 0.1) is 19.8 Å². The Morgan fingerprint density at radius 2 is 2.17 bits per heavy atom. The molecule has 3 aromatic rings. The number of fused-ring (bicyclic) bond motifs is 1. The Bertz CT molecular complexity index is 1100. The molecule has 2 N–H and O–H groups in total. The van der Waals surface area contributed by atoms with E-state index >= 15 is 0 Å². The predicted octanol–water partition coefficient (Wildman–Crippen LogP) is 2.73. The van der Waals surface area contributed by atoms with E-state index in [1.165, 1.54) is 12.5 Å². The zero-order valence-corrected chi connectivity index (χ0v) is 17.6. The lowest BCUT2D eigenvalue weighted by atomic mass is 9.89. The van der Waals surface area contributed by atoms with E-state index in [2.05, 4.69) is 20.5 Å². The third kappa shape index (κ3) is 3.78. The fraction of sp³-hybridized carbons (Fsp3) is 0.350. The van der Waals surface area contributed by atoms with Crippen LogP contribution in [0.2, 0.25) is 0 Å². The van der Waals surface area contributed by atoms with E-state index < -0.39 is 5.92 Å². The van der Waals surface area contributed by atoms with E-state index in [9.17, 15) is 14.4 Å². The standard InChI is InChI=1S/C20H21N5O4S/c1-10-14(11(2)24-23-10)8-25(3)19(28)13-6-15-17(16(26)7-13)30-20(21-15)22-18(27)12-4-5-29-9-12/h4-5,9,13H,6-8H2,1-3H3,(H,23,24)(H,21,22,27). The van der Waals surface area contributed by atoms with Gasteiger partial charge in [-0.25, -0.2) is 4.98 Å². The molecule has 0 saturated carbocycles. The summed E-state index contributed by atoms with van der Waals surface area (Å²) in [6.45, 7) is 4.23. The maximum Gasteiger partial charge on any atom is 0.260 e. The molecule has 10 heteroatoms. The largest absolute Gasteiger partial charge is 0.472 e. The quantitative estimate of drug-likeness (QED) is 0.646. The average molecular weight is 427 g/mol. The highest BCUT2D eigenvalue weighted by Crippen LogP contribution is 2.33. The molecule has 3 heterocycles. The minimum absolute atomic E-state index is 0.106. The van der Waals surface area contributed by atoms with Crippen LogP contribution in [0.5, 0.6) is 0 Å². The average Bonchev–Trinajstić information content (AvgIpc) is 3.44. The molecule has 1 aliphatic carbocycles. The van der Waals surface area contributed by atoms with Gasteiger partial charge in [0.15, 0.2) is 10.9 Å². The van der Waals surface area contributed by atoms with E-state index in [0.29, 0.717) is 34.2 Å². The van der Waals surface area contributed by atoms with Crippen LogP contribution in [-0.2, 0) is 17.8 Å². The topological polar surface area (TPSA) is 121 Å². The third-order valence-corrected chi connectivity index (χ3v) is 6.28. The van der Waals surface area contributed by atoms with Gasteiger partial charge in [0, 0.05) is 37.7 Å². The number of carbonyl (C=O) groups is 3. The first-order chi connectivity index (χ1) is 14.3. The van der Waals surface area contributed by atoms with Crippen LogP contribution in [-0.4, -0.2) is 44.7 Å². The maximum atomic E-state index is 13.0. The summed E-state index contributed by atoms with van der Waals surface area (Å²) in [5, 5.41) is 10.1. The van der Waals surface area contributed by atoms with Gasteiger partial charge in [0.2, 0.25) is 5.91 Å². The van der Waals surface area contributed by atoms with Gasteiger partial charge in [-0.05, 0) is 19.9 Å². The number of furan rings is 1. The Hall–Kier alpha value is -3.27. The highest BCUT2D eigenvalue weighted by molar-refractivity contribution is 7.17. The molecule has 9 nitrogen and oxygen atoms in total. The number of H-pyrrole nitrogens is 1. The summed E-state index contributed by atoms with van der Waals surface area (Å²) in [6.07, 6.45) is 3.25. The lowest BCUT2D eigenvalue weighted by Crippen LogP contribution is -2.36. The van der Waals surface area contributed by atoms with Crippen molar-refractivity contribution in [1.29, 1.82) is 0 Å². The number of anilines is 1. The van der Waals surface area contributed by atoms with Crippen LogP contribution >= 0.6 is 11.3 Å². The number of aromatic nitrogens is 3. The van der Waals surface area contributed by atoms with Gasteiger partial charge in [0.1, 0.15) is 6.26 Å². The molecule has 0 saturated heterocycles. The lowest BCUT2D eigenvalue weighted by molar-refractivity contribution is -0.134. The second-order valence-corrected chi connectivity index (χ2v) is 8.40. The van der Waals surface area contributed by atoms with Crippen LogP contribution < -0.4 is 5.32 Å². The number of aryl methyl sites for hydroxylation is 2. The summed E-state index contributed by atoms with van der Waals surface area (Å²) in [4.78, 5) is 44.3. The van der Waals surface area contributed by atoms with Crippen molar-refractivity contribution in [2.45, 2.75) is 33.2 Å². The number of hydrogen-bond acceptors (Lipinski definition) is 7. The molecule has 1 aliphatic rings. The number of hydrogen-bond donors (Lipinski definition) is 2. The van der Waals surface area contributed by atoms with Crippen molar-refractivity contribution in [3.8, 4) is 0 Å². The monoisotopic (exact) mass is 427 g/mol. The van der Waals surface area contributed by atoms with Gasteiger partial charge in [-0.15, -0.1) is 0 Å². The highest BCUT2D eigenvalue weighted by atomic mass is 32.1. The van der Waals surface area contributed by atoms with Crippen molar-refractivity contribution in [3.05, 3.63) is 51.7 Å². The number of nitrogens with one attached hydrogen (secondary N) is 2. The third-order valence-electron chi connectivity index (χ3n) is 5.23. The molecule has 0 aromatic carbocycles. The molecule has 1 atom stereocenters. The minimum atomic E-state index is -0.470. The van der Waals surface area contributed by atoms with Gasteiger partial charge in [-0.2, -0.15) is 5.10 Å². The van der Waals surface area contributed by atoms with Gasteiger partial charge < -0.3 is 9.32 Å². The van der Waals surface area contributed by atoms with Gasteiger partial charge >= 0.3 is 0 Å². The van der Waals surface area contributed by atoms with Crippen molar-refractivity contribution in [1.82, 2.24) is 20.1 Å². The second kappa shape index (κ2) is 7.86. The lowest BCUT2D eigenvalue weighted by Gasteiger charge is -2.25. The molecule has 0 radical (unpaired) electrons. The summed E-state index contributed by atoms with van der Waals surface area (Å²) in [6, 6.07) is 1.54. The molecule has 2 amide bonds. The number of carbonyl (C=O) groups excluding carboxylic acids is 3. The number of amides is 2. The summed E-state index contributed by atoms with van der Waals surface area (Å²) >= 11 is 1.14. The van der Waals surface area contributed by atoms with Gasteiger partial charge in [-0.3, -0.25) is 24.8 Å². The first kappa shape index (κ1) is 20.0. The van der Waals surface area contributed by atoms with E-state index in [1.54, 1.807) is 18.0 Å². The zero-order chi connectivity index (χ0) is 21.4. The summed E-state index contributed by atoms with van der Waals surface area (Å²) in [7, 11) is 1.73. The summed E-state index contributed by atoms with van der Waals surface area (Å²) < 4.78 is 4.91. The molecule has 0 fully saturated rings. The molecule has 30 heavy (non-hydrogen) atoms. The Balaban J connectivity index is 1.46. The highest BCUT2D eigenvalue weighted by Gasteiger charge is 2.34. The van der Waals surface area contributed by atoms with Crippen LogP contribution in [0.1, 0.15) is 49.1 Å². The number of rotatable bonds is 5. The first-order valence-corrected chi connectivity index (χ1v) is 10.3. The second-order valence-electron chi connectivity index (χ2n) is 7.40. The molecular weight excluding hydrogens is 406 g/mol. The Morgan fingerprint density at radius 3 is 2.83 bits per heavy atom. The Labute approximate surface area is 176 Å². The SMILES string of the molecule is Cc1n[nH]c(C)c1CN(C)C(=O)C1CC(=O)c2sc(NC(=O)c3ccoc3)nc2C1. The van der Waals surface area contributed by atoms with Crippen LogP contribution in [0.3, 0.4) is 0 Å². The van der Waals surface area contributed by atoms with Crippen molar-refractivity contribution in [3.63, 3.8) is 0 Å². The fourth-order valence-corrected chi connectivity index (χ4v) is 4.49.